The summed E-state index contributed by atoms with van der Waals surface area (Å²) >= 11 is 0. The fourth-order valence-electron chi connectivity index (χ4n) is 4.10. The predicted molar refractivity (Wildman–Crippen MR) is 124 cm³/mol. The van der Waals surface area contributed by atoms with Crippen LogP contribution in [-0.4, -0.2) is 52.1 Å². The van der Waals surface area contributed by atoms with Crippen molar-refractivity contribution < 1.29 is 14.3 Å². The van der Waals surface area contributed by atoms with E-state index in [2.05, 4.69) is 23.7 Å². The normalized spacial score (nSPS) is 14.4. The number of rotatable bonds is 6. The summed E-state index contributed by atoms with van der Waals surface area (Å²) in [5.41, 5.74) is 1.14. The number of piperazine rings is 1. The van der Waals surface area contributed by atoms with Crippen molar-refractivity contribution in [2.45, 2.75) is 33.1 Å². The monoisotopic (exact) mass is 436 g/mol. The van der Waals surface area contributed by atoms with Crippen molar-refractivity contribution in [3.05, 3.63) is 48.3 Å². The van der Waals surface area contributed by atoms with E-state index in [1.807, 2.05) is 11.0 Å². The second kappa shape index (κ2) is 9.51. The first-order valence-corrected chi connectivity index (χ1v) is 11.2. The molecular weight excluding hydrogens is 407 g/mol. The number of carbonyl (C=O) groups is 1. The number of carbonyl (C=O) groups excluding carboxylic acids is 1. The first kappa shape index (κ1) is 22.0. The van der Waals surface area contributed by atoms with Crippen LogP contribution in [-0.2, 0) is 4.79 Å². The van der Waals surface area contributed by atoms with Gasteiger partial charge in [-0.15, -0.1) is 0 Å². The minimum Gasteiger partial charge on any atom is -0.507 e. The third-order valence-electron chi connectivity index (χ3n) is 5.89. The van der Waals surface area contributed by atoms with E-state index < -0.39 is 0 Å². The lowest BCUT2D eigenvalue weighted by atomic mass is 10.1. The molecule has 2 aromatic carbocycles. The number of phenols is 1. The number of anilines is 1. The maximum atomic E-state index is 14.0. The zero-order valence-corrected chi connectivity index (χ0v) is 18.6. The SMILES string of the molecule is CC(C)CCCC(=O)N1CCN(c2nc(-c3ccccc3O)nc3ccc(F)cc23)CC1. The molecule has 0 spiro atoms. The molecular formula is C25H29FN4O2. The second-order valence-corrected chi connectivity index (χ2v) is 8.70. The van der Waals surface area contributed by atoms with Gasteiger partial charge in [-0.25, -0.2) is 14.4 Å². The van der Waals surface area contributed by atoms with Crippen LogP contribution in [0, 0.1) is 11.7 Å². The minimum atomic E-state index is -0.350. The summed E-state index contributed by atoms with van der Waals surface area (Å²) in [7, 11) is 0. The number of hydrogen-bond donors (Lipinski definition) is 1. The molecule has 7 heteroatoms. The maximum Gasteiger partial charge on any atom is 0.222 e. The first-order valence-electron chi connectivity index (χ1n) is 11.2. The average molecular weight is 437 g/mol. The van der Waals surface area contributed by atoms with Crippen LogP contribution in [0.15, 0.2) is 42.5 Å². The third-order valence-corrected chi connectivity index (χ3v) is 5.89. The van der Waals surface area contributed by atoms with Crippen molar-refractivity contribution in [1.29, 1.82) is 0 Å². The Morgan fingerprint density at radius 3 is 2.56 bits per heavy atom. The Kier molecular flexibility index (Phi) is 6.53. The van der Waals surface area contributed by atoms with Gasteiger partial charge in [0.15, 0.2) is 5.82 Å². The van der Waals surface area contributed by atoms with Crippen LogP contribution in [0.5, 0.6) is 5.75 Å². The molecule has 0 bridgehead atoms. The molecule has 1 fully saturated rings. The zero-order chi connectivity index (χ0) is 22.7. The Morgan fingerprint density at radius 1 is 1.09 bits per heavy atom. The highest BCUT2D eigenvalue weighted by Crippen LogP contribution is 2.32. The summed E-state index contributed by atoms with van der Waals surface area (Å²) < 4.78 is 14.0. The van der Waals surface area contributed by atoms with Gasteiger partial charge in [0.2, 0.25) is 5.91 Å². The van der Waals surface area contributed by atoms with Crippen molar-refractivity contribution in [2.75, 3.05) is 31.1 Å². The van der Waals surface area contributed by atoms with E-state index in [9.17, 15) is 14.3 Å². The molecule has 0 unspecified atom stereocenters. The van der Waals surface area contributed by atoms with Crippen LogP contribution >= 0.6 is 0 Å². The maximum absolute atomic E-state index is 14.0. The van der Waals surface area contributed by atoms with Gasteiger partial charge in [-0.1, -0.05) is 32.4 Å². The minimum absolute atomic E-state index is 0.0942. The van der Waals surface area contributed by atoms with Crippen molar-refractivity contribution in [2.24, 2.45) is 5.92 Å². The lowest BCUT2D eigenvalue weighted by molar-refractivity contribution is -0.131. The molecule has 4 rings (SSSR count). The Bertz CT molecular complexity index is 1110. The largest absolute Gasteiger partial charge is 0.507 e. The highest BCUT2D eigenvalue weighted by molar-refractivity contribution is 5.91. The molecule has 1 saturated heterocycles. The van der Waals surface area contributed by atoms with Crippen LogP contribution in [0.4, 0.5) is 10.2 Å². The summed E-state index contributed by atoms with van der Waals surface area (Å²) in [5.74, 6) is 1.56. The number of aromatic nitrogens is 2. The van der Waals surface area contributed by atoms with E-state index in [-0.39, 0.29) is 17.5 Å². The van der Waals surface area contributed by atoms with Gasteiger partial charge in [-0.3, -0.25) is 4.79 Å². The van der Waals surface area contributed by atoms with E-state index >= 15 is 0 Å². The molecule has 2 heterocycles. The van der Waals surface area contributed by atoms with Gasteiger partial charge in [0.05, 0.1) is 11.1 Å². The number of hydrogen-bond acceptors (Lipinski definition) is 5. The highest BCUT2D eigenvalue weighted by Gasteiger charge is 2.24. The fourth-order valence-corrected chi connectivity index (χ4v) is 4.10. The lowest BCUT2D eigenvalue weighted by Crippen LogP contribution is -2.49. The molecule has 168 valence electrons. The average Bonchev–Trinajstić information content (AvgIpc) is 2.78. The zero-order valence-electron chi connectivity index (χ0n) is 18.6. The smallest absolute Gasteiger partial charge is 0.222 e. The second-order valence-electron chi connectivity index (χ2n) is 8.70. The number of nitrogens with zero attached hydrogens (tertiary/aromatic N) is 4. The van der Waals surface area contributed by atoms with Crippen molar-refractivity contribution in [1.82, 2.24) is 14.9 Å². The predicted octanol–water partition coefficient (Wildman–Crippen LogP) is 4.62. The Balaban J connectivity index is 1.58. The number of para-hydroxylation sites is 1. The van der Waals surface area contributed by atoms with Gasteiger partial charge in [-0.2, -0.15) is 0 Å². The Labute approximate surface area is 187 Å². The molecule has 0 radical (unpaired) electrons. The molecule has 0 saturated carbocycles. The molecule has 6 nitrogen and oxygen atoms in total. The van der Waals surface area contributed by atoms with Gasteiger partial charge in [0.1, 0.15) is 17.4 Å². The van der Waals surface area contributed by atoms with Crippen molar-refractivity contribution >= 4 is 22.6 Å². The van der Waals surface area contributed by atoms with Crippen LogP contribution in [0.1, 0.15) is 33.1 Å². The fraction of sp³-hybridized carbons (Fsp3) is 0.400. The number of benzene rings is 2. The van der Waals surface area contributed by atoms with E-state index in [4.69, 9.17) is 4.98 Å². The van der Waals surface area contributed by atoms with Crippen molar-refractivity contribution in [3.63, 3.8) is 0 Å². The van der Waals surface area contributed by atoms with Gasteiger partial charge in [0.25, 0.3) is 0 Å². The Hall–Kier alpha value is -3.22. The topological polar surface area (TPSA) is 69.6 Å². The molecule has 1 aromatic heterocycles. The molecule has 0 atom stereocenters. The molecule has 1 amide bonds. The van der Waals surface area contributed by atoms with E-state index in [1.54, 1.807) is 24.3 Å². The number of amides is 1. The van der Waals surface area contributed by atoms with E-state index in [0.29, 0.717) is 66.6 Å². The van der Waals surface area contributed by atoms with E-state index in [0.717, 1.165) is 12.8 Å². The molecule has 1 aliphatic heterocycles. The molecule has 1 N–H and O–H groups in total. The quantitative estimate of drug-likeness (QED) is 0.611. The summed E-state index contributed by atoms with van der Waals surface area (Å²) in [6, 6.07) is 11.4. The number of fused-ring (bicyclic) bond motifs is 1. The van der Waals surface area contributed by atoms with Gasteiger partial charge in [-0.05, 0) is 42.7 Å². The van der Waals surface area contributed by atoms with Crippen LogP contribution < -0.4 is 4.90 Å². The summed E-state index contributed by atoms with van der Waals surface area (Å²) in [5, 5.41) is 10.9. The van der Waals surface area contributed by atoms with Gasteiger partial charge >= 0.3 is 0 Å². The Morgan fingerprint density at radius 2 is 1.84 bits per heavy atom. The summed E-state index contributed by atoms with van der Waals surface area (Å²) in [6.45, 7) is 6.77. The third kappa shape index (κ3) is 4.82. The van der Waals surface area contributed by atoms with Crippen molar-refractivity contribution in [3.8, 4) is 17.1 Å². The molecule has 0 aliphatic carbocycles. The standard InChI is InChI=1S/C25H29FN4O2/c1-17(2)6-5-9-23(32)29-12-14-30(15-13-29)25-20-16-18(26)10-11-21(20)27-24(28-25)19-7-3-4-8-22(19)31/h3-4,7-8,10-11,16-17,31H,5-6,9,12-15H2,1-2H3. The molecule has 3 aromatic rings. The van der Waals surface area contributed by atoms with Gasteiger partial charge in [0, 0.05) is 38.0 Å². The van der Waals surface area contributed by atoms with Gasteiger partial charge < -0.3 is 14.9 Å². The van der Waals surface area contributed by atoms with Crippen LogP contribution in [0.2, 0.25) is 0 Å². The first-order chi connectivity index (χ1) is 15.4. The summed E-state index contributed by atoms with van der Waals surface area (Å²) in [6.07, 6.45) is 2.55. The number of halogens is 1. The van der Waals surface area contributed by atoms with Crippen LogP contribution in [0.3, 0.4) is 0 Å². The molecule has 1 aliphatic rings. The number of phenolic OH excluding ortho intramolecular Hbond substituents is 1. The molecule has 32 heavy (non-hydrogen) atoms. The van der Waals surface area contributed by atoms with E-state index in [1.165, 1.54) is 12.1 Å². The van der Waals surface area contributed by atoms with Crippen LogP contribution in [0.25, 0.3) is 22.3 Å². The lowest BCUT2D eigenvalue weighted by Gasteiger charge is -2.36. The summed E-state index contributed by atoms with van der Waals surface area (Å²) in [4.78, 5) is 25.8. The highest BCUT2D eigenvalue weighted by atomic mass is 19.1. The number of aromatic hydroxyl groups is 1.